The fraction of sp³-hybridized carbons (Fsp3) is 0.650. The van der Waals surface area contributed by atoms with Gasteiger partial charge >= 0.3 is 0 Å². The number of aliphatic imine (C=N–C) groups is 1. The van der Waals surface area contributed by atoms with E-state index >= 15 is 0 Å². The van der Waals surface area contributed by atoms with Crippen molar-refractivity contribution < 1.29 is 13.2 Å². The summed E-state index contributed by atoms with van der Waals surface area (Å²) in [7, 11) is -1.61. The molecule has 0 radical (unpaired) electrons. The first-order valence-corrected chi connectivity index (χ1v) is 11.6. The van der Waals surface area contributed by atoms with E-state index in [1.54, 1.807) is 7.05 Å². The van der Waals surface area contributed by atoms with Gasteiger partial charge in [0.2, 0.25) is 10.0 Å². The molecule has 1 saturated heterocycles. The van der Waals surface area contributed by atoms with Crippen LogP contribution in [-0.2, 0) is 20.2 Å². The molecule has 8 heteroatoms. The van der Waals surface area contributed by atoms with Crippen molar-refractivity contribution in [2.75, 3.05) is 39.0 Å². The summed E-state index contributed by atoms with van der Waals surface area (Å²) >= 11 is 0. The van der Waals surface area contributed by atoms with Gasteiger partial charge in [-0.1, -0.05) is 30.3 Å². The third-order valence-electron chi connectivity index (χ3n) is 5.49. The molecule has 2 aliphatic rings. The first-order valence-electron chi connectivity index (χ1n) is 9.98. The Bertz CT molecular complexity index is 768. The number of rotatable bonds is 7. The Kier molecular flexibility index (Phi) is 6.62. The van der Waals surface area contributed by atoms with E-state index in [1.807, 2.05) is 19.9 Å². The molecule has 1 aromatic rings. The van der Waals surface area contributed by atoms with Crippen LogP contribution in [0.4, 0.5) is 0 Å². The third kappa shape index (κ3) is 5.24. The van der Waals surface area contributed by atoms with Gasteiger partial charge in [0.25, 0.3) is 0 Å². The van der Waals surface area contributed by atoms with Crippen molar-refractivity contribution in [3.63, 3.8) is 0 Å². The highest BCUT2D eigenvalue weighted by Crippen LogP contribution is 2.47. The van der Waals surface area contributed by atoms with Gasteiger partial charge in [-0.2, -0.15) is 4.31 Å². The Balaban J connectivity index is 1.47. The Morgan fingerprint density at radius 1 is 1.18 bits per heavy atom. The maximum atomic E-state index is 12.6. The van der Waals surface area contributed by atoms with Gasteiger partial charge in [0.15, 0.2) is 5.96 Å². The molecule has 0 amide bonds. The minimum absolute atomic E-state index is 0.0387. The SMILES string of the molecule is CN=C(NCCS(=O)(=O)N1CC(C)OC(C)C1)NCC1(c2ccccc2)CC1. The smallest absolute Gasteiger partial charge is 0.216 e. The maximum absolute atomic E-state index is 12.6. The van der Waals surface area contributed by atoms with Crippen LogP contribution in [0, 0.1) is 0 Å². The second-order valence-electron chi connectivity index (χ2n) is 7.89. The van der Waals surface area contributed by atoms with Crippen molar-refractivity contribution in [1.82, 2.24) is 14.9 Å². The lowest BCUT2D eigenvalue weighted by molar-refractivity contribution is -0.0440. The van der Waals surface area contributed by atoms with Crippen LogP contribution in [0.1, 0.15) is 32.3 Å². The van der Waals surface area contributed by atoms with Crippen LogP contribution >= 0.6 is 0 Å². The summed E-state index contributed by atoms with van der Waals surface area (Å²) in [6, 6.07) is 10.5. The van der Waals surface area contributed by atoms with E-state index < -0.39 is 10.0 Å². The second-order valence-corrected chi connectivity index (χ2v) is 9.98. The van der Waals surface area contributed by atoms with Crippen LogP contribution in [0.5, 0.6) is 0 Å². The number of hydrogen-bond donors (Lipinski definition) is 2. The highest BCUT2D eigenvalue weighted by atomic mass is 32.2. The third-order valence-corrected chi connectivity index (χ3v) is 7.29. The number of hydrogen-bond acceptors (Lipinski definition) is 4. The van der Waals surface area contributed by atoms with E-state index in [0.29, 0.717) is 25.6 Å². The molecule has 156 valence electrons. The molecule has 2 unspecified atom stereocenters. The van der Waals surface area contributed by atoms with E-state index in [0.717, 1.165) is 19.4 Å². The molecular weight excluding hydrogens is 376 g/mol. The van der Waals surface area contributed by atoms with Crippen molar-refractivity contribution in [3.05, 3.63) is 35.9 Å². The molecule has 2 atom stereocenters. The standard InChI is InChI=1S/C20H32N4O3S/c1-16-13-24(14-17(2)27-16)28(25,26)12-11-22-19(21-3)23-15-20(9-10-20)18-7-5-4-6-8-18/h4-8,16-17H,9-15H2,1-3H3,(H2,21,22,23). The zero-order valence-electron chi connectivity index (χ0n) is 17.0. The number of guanidine groups is 1. The molecule has 1 saturated carbocycles. The van der Waals surface area contributed by atoms with Crippen LogP contribution in [0.15, 0.2) is 35.3 Å². The lowest BCUT2D eigenvalue weighted by Gasteiger charge is -2.34. The van der Waals surface area contributed by atoms with Crippen LogP contribution in [0.3, 0.4) is 0 Å². The molecule has 1 aromatic carbocycles. The van der Waals surface area contributed by atoms with Gasteiger partial charge in [0, 0.05) is 38.6 Å². The van der Waals surface area contributed by atoms with Crippen molar-refractivity contribution in [1.29, 1.82) is 0 Å². The molecule has 1 heterocycles. The molecule has 0 spiro atoms. The lowest BCUT2D eigenvalue weighted by atomic mass is 9.96. The molecule has 1 aliphatic carbocycles. The van der Waals surface area contributed by atoms with E-state index in [4.69, 9.17) is 4.74 Å². The summed E-state index contributed by atoms with van der Waals surface area (Å²) in [4.78, 5) is 4.23. The first kappa shape index (κ1) is 21.1. The second kappa shape index (κ2) is 8.80. The molecule has 1 aliphatic heterocycles. The number of sulfonamides is 1. The summed E-state index contributed by atoms with van der Waals surface area (Å²) < 4.78 is 32.4. The lowest BCUT2D eigenvalue weighted by Crippen LogP contribution is -2.50. The van der Waals surface area contributed by atoms with E-state index in [1.165, 1.54) is 9.87 Å². The molecular formula is C20H32N4O3S. The molecule has 3 rings (SSSR count). The molecule has 0 bridgehead atoms. The van der Waals surface area contributed by atoms with Gasteiger partial charge in [-0.25, -0.2) is 8.42 Å². The molecule has 7 nitrogen and oxygen atoms in total. The summed E-state index contributed by atoms with van der Waals surface area (Å²) in [5, 5.41) is 6.50. The van der Waals surface area contributed by atoms with Gasteiger partial charge < -0.3 is 15.4 Å². The summed E-state index contributed by atoms with van der Waals surface area (Å²) in [6.07, 6.45) is 2.16. The van der Waals surface area contributed by atoms with Gasteiger partial charge in [-0.15, -0.1) is 0 Å². The average Bonchev–Trinajstić information content (AvgIpc) is 3.45. The minimum Gasteiger partial charge on any atom is -0.373 e. The van der Waals surface area contributed by atoms with Crippen molar-refractivity contribution in [3.8, 4) is 0 Å². The van der Waals surface area contributed by atoms with Gasteiger partial charge in [-0.05, 0) is 32.3 Å². The monoisotopic (exact) mass is 408 g/mol. The summed E-state index contributed by atoms with van der Waals surface area (Å²) in [6.45, 7) is 5.76. The number of nitrogens with zero attached hydrogens (tertiary/aromatic N) is 2. The van der Waals surface area contributed by atoms with Crippen LogP contribution < -0.4 is 10.6 Å². The number of benzene rings is 1. The largest absolute Gasteiger partial charge is 0.373 e. The van der Waals surface area contributed by atoms with Gasteiger partial charge in [0.1, 0.15) is 0 Å². The minimum atomic E-state index is -3.32. The number of nitrogens with one attached hydrogen (secondary N) is 2. The normalized spacial score (nSPS) is 25.3. The van der Waals surface area contributed by atoms with E-state index in [9.17, 15) is 8.42 Å². The van der Waals surface area contributed by atoms with Crippen molar-refractivity contribution in [2.45, 2.75) is 44.3 Å². The molecule has 2 N–H and O–H groups in total. The van der Waals surface area contributed by atoms with Crippen LogP contribution in [-0.4, -0.2) is 69.9 Å². The predicted octanol–water partition coefficient (Wildman–Crippen LogP) is 1.32. The molecule has 2 fully saturated rings. The summed E-state index contributed by atoms with van der Waals surface area (Å²) in [5.74, 6) is 0.679. The van der Waals surface area contributed by atoms with Crippen LogP contribution in [0.2, 0.25) is 0 Å². The van der Waals surface area contributed by atoms with Gasteiger partial charge in [0.05, 0.1) is 18.0 Å². The zero-order valence-corrected chi connectivity index (χ0v) is 17.8. The number of morpholine rings is 1. The first-order chi connectivity index (χ1) is 13.3. The fourth-order valence-electron chi connectivity index (χ4n) is 3.77. The van der Waals surface area contributed by atoms with E-state index in [2.05, 4.69) is 39.9 Å². The van der Waals surface area contributed by atoms with E-state index in [-0.39, 0.29) is 23.4 Å². The predicted molar refractivity (Wildman–Crippen MR) is 112 cm³/mol. The molecule has 28 heavy (non-hydrogen) atoms. The van der Waals surface area contributed by atoms with Crippen molar-refractivity contribution >= 4 is 16.0 Å². The van der Waals surface area contributed by atoms with Crippen LogP contribution in [0.25, 0.3) is 0 Å². The number of ether oxygens (including phenoxy) is 1. The highest BCUT2D eigenvalue weighted by Gasteiger charge is 2.44. The Morgan fingerprint density at radius 3 is 2.39 bits per heavy atom. The Labute approximate surface area is 168 Å². The maximum Gasteiger partial charge on any atom is 0.216 e. The Morgan fingerprint density at radius 2 is 1.82 bits per heavy atom. The fourth-order valence-corrected chi connectivity index (χ4v) is 5.26. The van der Waals surface area contributed by atoms with Crippen molar-refractivity contribution in [2.24, 2.45) is 4.99 Å². The topological polar surface area (TPSA) is 83.0 Å². The quantitative estimate of drug-likeness (QED) is 0.525. The van der Waals surface area contributed by atoms with Gasteiger partial charge in [-0.3, -0.25) is 4.99 Å². The zero-order chi connectivity index (χ0) is 20.2. The average molecular weight is 409 g/mol. The highest BCUT2D eigenvalue weighted by molar-refractivity contribution is 7.89. The summed E-state index contributed by atoms with van der Waals surface area (Å²) in [5.41, 5.74) is 1.52. The Hall–Kier alpha value is -1.64. The molecule has 0 aromatic heterocycles.